The highest BCUT2D eigenvalue weighted by Crippen LogP contribution is 2.29. The van der Waals surface area contributed by atoms with Crippen molar-refractivity contribution in [1.29, 1.82) is 10.5 Å². The normalized spacial score (nSPS) is 12.3. The summed E-state index contributed by atoms with van der Waals surface area (Å²) in [5.74, 6) is 0.355. The van der Waals surface area contributed by atoms with E-state index in [0.29, 0.717) is 17.1 Å². The number of hydrogen-bond donors (Lipinski definition) is 1. The number of fused-ring (bicyclic) bond motifs is 1. The molecule has 0 aliphatic carbocycles. The number of benzene rings is 1. The molecule has 118 valence electrons. The van der Waals surface area contributed by atoms with Gasteiger partial charge in [-0.2, -0.15) is 10.5 Å². The number of hydrogen-bond acceptors (Lipinski definition) is 5. The van der Waals surface area contributed by atoms with Crippen molar-refractivity contribution >= 4 is 29.2 Å². The topological polar surface area (TPSA) is 108 Å². The van der Waals surface area contributed by atoms with Crippen molar-refractivity contribution < 1.29 is 9.78 Å². The summed E-state index contributed by atoms with van der Waals surface area (Å²) in [7, 11) is 0. The van der Waals surface area contributed by atoms with E-state index >= 15 is 0 Å². The number of rotatable bonds is 3. The number of aromatic amines is 1. The van der Waals surface area contributed by atoms with Gasteiger partial charge in [0.1, 0.15) is 23.3 Å². The molecule has 24 heavy (non-hydrogen) atoms. The number of pyridine rings is 1. The minimum Gasteiger partial charge on any atom is -0.311 e. The highest BCUT2D eigenvalue weighted by atomic mass is 32.2. The lowest BCUT2D eigenvalue weighted by Gasteiger charge is -2.16. The third-order valence-corrected chi connectivity index (χ3v) is 4.84. The Bertz CT molecular complexity index is 897. The van der Waals surface area contributed by atoms with Crippen LogP contribution < -0.4 is 15.6 Å². The van der Waals surface area contributed by atoms with Gasteiger partial charge in [-0.05, 0) is 24.1 Å². The highest BCUT2D eigenvalue weighted by Gasteiger charge is 2.25. The molecule has 0 atom stereocenters. The van der Waals surface area contributed by atoms with E-state index in [1.54, 1.807) is 4.90 Å². The Hall–Kier alpha value is -3.03. The van der Waals surface area contributed by atoms with Gasteiger partial charge < -0.3 is 4.90 Å². The van der Waals surface area contributed by atoms with Crippen LogP contribution in [0.2, 0.25) is 0 Å². The zero-order chi connectivity index (χ0) is 17.1. The Morgan fingerprint density at radius 1 is 1.29 bits per heavy atom. The summed E-state index contributed by atoms with van der Waals surface area (Å²) >= 11 is 1.22. The number of amides is 1. The Morgan fingerprint density at radius 3 is 2.79 bits per heavy atom. The first-order chi connectivity index (χ1) is 11.6. The molecule has 0 saturated heterocycles. The van der Waals surface area contributed by atoms with E-state index in [4.69, 9.17) is 11.0 Å². The minimum atomic E-state index is -0.0230. The fourth-order valence-corrected chi connectivity index (χ4v) is 3.51. The van der Waals surface area contributed by atoms with Gasteiger partial charge in [0.2, 0.25) is 5.91 Å². The van der Waals surface area contributed by atoms with Gasteiger partial charge in [0.15, 0.2) is 5.03 Å². The molecule has 6 nitrogen and oxygen atoms in total. The summed E-state index contributed by atoms with van der Waals surface area (Å²) in [5, 5.41) is 18.7. The second-order valence-electron chi connectivity index (χ2n) is 5.28. The number of carbonyl (C=O) groups is 1. The number of anilines is 2. The maximum Gasteiger partial charge on any atom is 0.289 e. The predicted octanol–water partition coefficient (Wildman–Crippen LogP) is 1.51. The first kappa shape index (κ1) is 15.9. The molecular weight excluding hydrogens is 322 g/mol. The Morgan fingerprint density at radius 2 is 2.04 bits per heavy atom. The van der Waals surface area contributed by atoms with Crippen molar-refractivity contribution in [3.63, 3.8) is 0 Å². The van der Waals surface area contributed by atoms with Gasteiger partial charge in [-0.15, -0.1) is 0 Å². The summed E-state index contributed by atoms with van der Waals surface area (Å²) in [6, 6.07) is 13.2. The van der Waals surface area contributed by atoms with E-state index < -0.39 is 0 Å². The van der Waals surface area contributed by atoms with Gasteiger partial charge in [0.05, 0.1) is 5.75 Å². The number of aromatic nitrogens is 1. The molecule has 0 bridgehead atoms. The molecule has 0 spiro atoms. The molecule has 1 amide bonds. The Labute approximate surface area is 143 Å². The molecule has 3 N–H and O–H groups in total. The molecule has 1 aromatic heterocycles. The predicted molar refractivity (Wildman–Crippen MR) is 90.1 cm³/mol. The molecule has 0 saturated carbocycles. The van der Waals surface area contributed by atoms with Crippen LogP contribution in [0, 0.1) is 22.7 Å². The van der Waals surface area contributed by atoms with Gasteiger partial charge >= 0.3 is 0 Å². The molecule has 1 aliphatic heterocycles. The fraction of sp³-hybridized carbons (Fsp3) is 0.176. The second kappa shape index (κ2) is 6.61. The van der Waals surface area contributed by atoms with E-state index in [1.165, 1.54) is 23.4 Å². The van der Waals surface area contributed by atoms with Gasteiger partial charge in [-0.1, -0.05) is 30.0 Å². The lowest BCUT2D eigenvalue weighted by atomic mass is 10.2. The number of H-pyrrole nitrogens is 1. The van der Waals surface area contributed by atoms with Gasteiger partial charge in [-0.25, -0.2) is 4.98 Å². The Balaban J connectivity index is 1.75. The number of nitriles is 2. The number of thioether (sulfide) groups is 1. The fourth-order valence-electron chi connectivity index (χ4n) is 2.64. The van der Waals surface area contributed by atoms with Crippen LogP contribution in [0.15, 0.2) is 35.4 Å². The largest absolute Gasteiger partial charge is 0.311 e. The zero-order valence-electron chi connectivity index (χ0n) is 12.7. The number of carbonyl (C=O) groups excluding carboxylic acids is 1. The first-order valence-electron chi connectivity index (χ1n) is 7.31. The van der Waals surface area contributed by atoms with Crippen LogP contribution in [0.3, 0.4) is 0 Å². The van der Waals surface area contributed by atoms with Crippen molar-refractivity contribution in [2.24, 2.45) is 0 Å². The molecule has 1 aliphatic rings. The van der Waals surface area contributed by atoms with Crippen LogP contribution in [-0.2, 0) is 11.2 Å². The summed E-state index contributed by atoms with van der Waals surface area (Å²) < 4.78 is 0. The van der Waals surface area contributed by atoms with Crippen LogP contribution in [0.1, 0.15) is 16.7 Å². The van der Waals surface area contributed by atoms with Crippen molar-refractivity contribution in [2.45, 2.75) is 11.4 Å². The number of nitrogen functional groups attached to an aromatic ring is 1. The third kappa shape index (κ3) is 2.90. The van der Waals surface area contributed by atoms with Crippen molar-refractivity contribution in [2.75, 3.05) is 22.9 Å². The third-order valence-electron chi connectivity index (χ3n) is 3.84. The molecule has 0 fully saturated rings. The van der Waals surface area contributed by atoms with E-state index in [1.807, 2.05) is 36.4 Å². The summed E-state index contributed by atoms with van der Waals surface area (Å²) in [4.78, 5) is 17.1. The van der Waals surface area contributed by atoms with E-state index in [-0.39, 0.29) is 23.0 Å². The average Bonchev–Trinajstić information content (AvgIpc) is 3.04. The maximum absolute atomic E-state index is 12.5. The summed E-state index contributed by atoms with van der Waals surface area (Å²) in [6.07, 6.45) is 0.853. The van der Waals surface area contributed by atoms with Crippen LogP contribution in [-0.4, -0.2) is 18.2 Å². The lowest BCUT2D eigenvalue weighted by molar-refractivity contribution is -0.410. The van der Waals surface area contributed by atoms with Crippen LogP contribution >= 0.6 is 11.8 Å². The van der Waals surface area contributed by atoms with E-state index in [0.717, 1.165) is 12.1 Å². The molecular formula is C17H14N5OS+. The number of para-hydroxylation sites is 1. The monoisotopic (exact) mass is 336 g/mol. The highest BCUT2D eigenvalue weighted by molar-refractivity contribution is 7.99. The molecule has 7 heteroatoms. The van der Waals surface area contributed by atoms with Crippen molar-refractivity contribution in [3.05, 3.63) is 47.0 Å². The summed E-state index contributed by atoms with van der Waals surface area (Å²) in [5.41, 5.74) is 8.40. The van der Waals surface area contributed by atoms with Crippen LogP contribution in [0.4, 0.5) is 11.5 Å². The smallest absolute Gasteiger partial charge is 0.289 e. The molecule has 3 rings (SSSR count). The van der Waals surface area contributed by atoms with E-state index in [2.05, 4.69) is 4.98 Å². The van der Waals surface area contributed by atoms with Crippen LogP contribution in [0.25, 0.3) is 0 Å². The lowest BCUT2D eigenvalue weighted by Crippen LogP contribution is -2.31. The maximum atomic E-state index is 12.5. The molecule has 2 heterocycles. The van der Waals surface area contributed by atoms with Crippen LogP contribution in [0.5, 0.6) is 0 Å². The number of nitrogens with two attached hydrogens (primary N) is 1. The summed E-state index contributed by atoms with van der Waals surface area (Å²) in [6.45, 7) is 0.670. The van der Waals surface area contributed by atoms with Gasteiger partial charge in [0.25, 0.3) is 5.82 Å². The second-order valence-corrected chi connectivity index (χ2v) is 6.26. The molecule has 0 unspecified atom stereocenters. The van der Waals surface area contributed by atoms with Crippen molar-refractivity contribution in [3.8, 4) is 12.1 Å². The van der Waals surface area contributed by atoms with Gasteiger partial charge in [-0.3, -0.25) is 10.5 Å². The Kier molecular flexibility index (Phi) is 4.37. The van der Waals surface area contributed by atoms with Gasteiger partial charge in [0, 0.05) is 12.2 Å². The SMILES string of the molecule is N#Cc1cc(C#N)c(SCC(=O)N2CCc3ccccc32)[nH+]c1N. The molecule has 1 aromatic carbocycles. The number of nitrogens with zero attached hydrogens (tertiary/aromatic N) is 3. The first-order valence-corrected chi connectivity index (χ1v) is 8.29. The van der Waals surface area contributed by atoms with E-state index in [9.17, 15) is 10.1 Å². The number of nitrogens with one attached hydrogen (secondary N) is 1. The quantitative estimate of drug-likeness (QED) is 0.855. The molecule has 0 radical (unpaired) electrons. The molecule has 2 aromatic rings. The zero-order valence-corrected chi connectivity index (χ0v) is 13.6. The minimum absolute atomic E-state index is 0.0230. The average molecular weight is 336 g/mol. The standard InChI is InChI=1S/C17H13N5OS/c18-8-12-7-13(9-19)17(21-16(12)20)24-10-15(23)22-6-5-11-3-1-2-4-14(11)22/h1-4,7H,5-6,10H2,(H2,20,21)/p+1. The van der Waals surface area contributed by atoms with Crippen molar-refractivity contribution in [1.82, 2.24) is 0 Å².